The van der Waals surface area contributed by atoms with Crippen LogP contribution in [0, 0.1) is 0 Å². The van der Waals surface area contributed by atoms with Crippen LogP contribution < -0.4 is 5.32 Å². The molecule has 2 N–H and O–H groups in total. The first-order chi connectivity index (χ1) is 10.1. The lowest BCUT2D eigenvalue weighted by Gasteiger charge is -2.35. The first-order valence-corrected chi connectivity index (χ1v) is 8.08. The summed E-state index contributed by atoms with van der Waals surface area (Å²) in [7, 11) is 0. The number of hydrogen-bond acceptors (Lipinski definition) is 3. The molecule has 2 aliphatic rings. The maximum atomic E-state index is 12.3. The molecule has 0 aliphatic carbocycles. The van der Waals surface area contributed by atoms with Crippen LogP contribution in [0.5, 0.6) is 0 Å². The van der Waals surface area contributed by atoms with Gasteiger partial charge in [-0.2, -0.15) is 0 Å². The monoisotopic (exact) mass is 297 g/mol. The maximum absolute atomic E-state index is 12.3. The lowest BCUT2D eigenvalue weighted by molar-refractivity contribution is -0.138. The van der Waals surface area contributed by atoms with Gasteiger partial charge in [-0.3, -0.25) is 9.69 Å². The molecule has 2 atom stereocenters. The van der Waals surface area contributed by atoms with Crippen LogP contribution in [0.2, 0.25) is 0 Å². The van der Waals surface area contributed by atoms with Crippen LogP contribution in [0.25, 0.3) is 0 Å². The molecule has 2 heterocycles. The molecule has 0 aromatic heterocycles. The average molecular weight is 297 g/mol. The summed E-state index contributed by atoms with van der Waals surface area (Å²) < 4.78 is 0. The summed E-state index contributed by atoms with van der Waals surface area (Å²) in [6, 6.07) is 0.0875. The number of rotatable bonds is 5. The number of carbonyl (C=O) groups is 2. The largest absolute Gasteiger partial charge is 0.481 e. The molecule has 6 heteroatoms. The molecule has 0 radical (unpaired) electrons. The molecule has 2 saturated heterocycles. The van der Waals surface area contributed by atoms with Gasteiger partial charge in [-0.15, -0.1) is 0 Å². The number of carboxylic acids is 1. The summed E-state index contributed by atoms with van der Waals surface area (Å²) in [6.45, 7) is 5.66. The normalized spacial score (nSPS) is 24.8. The van der Waals surface area contributed by atoms with Crippen molar-refractivity contribution in [3.8, 4) is 0 Å². The zero-order valence-electron chi connectivity index (χ0n) is 12.9. The van der Waals surface area contributed by atoms with E-state index in [9.17, 15) is 9.59 Å². The van der Waals surface area contributed by atoms with Gasteiger partial charge >= 0.3 is 12.0 Å². The standard InChI is InChI=1S/C15H27N3O3/c1-12(17-7-4-5-8-17)11-16-15(21)18-9-3-2-6-13(18)10-14(19)20/h12-13H,2-11H2,1H3,(H,16,21)(H,19,20). The summed E-state index contributed by atoms with van der Waals surface area (Å²) >= 11 is 0. The van der Waals surface area contributed by atoms with Crippen LogP contribution in [0.15, 0.2) is 0 Å². The Morgan fingerprint density at radius 2 is 1.86 bits per heavy atom. The number of nitrogens with zero attached hydrogens (tertiary/aromatic N) is 2. The number of carbonyl (C=O) groups excluding carboxylic acids is 1. The third-order valence-corrected chi connectivity index (χ3v) is 4.61. The zero-order valence-corrected chi connectivity index (χ0v) is 12.9. The Kier molecular flexibility index (Phi) is 5.85. The van der Waals surface area contributed by atoms with Crippen molar-refractivity contribution in [1.82, 2.24) is 15.1 Å². The lowest BCUT2D eigenvalue weighted by Crippen LogP contribution is -2.51. The molecule has 2 amide bonds. The molecule has 120 valence electrons. The third kappa shape index (κ3) is 4.59. The highest BCUT2D eigenvalue weighted by atomic mass is 16.4. The highest BCUT2D eigenvalue weighted by molar-refractivity contribution is 5.76. The molecule has 0 aromatic carbocycles. The van der Waals surface area contributed by atoms with E-state index < -0.39 is 5.97 Å². The number of amides is 2. The Balaban J connectivity index is 1.81. The van der Waals surface area contributed by atoms with Crippen LogP contribution in [0.3, 0.4) is 0 Å². The summed E-state index contributed by atoms with van der Waals surface area (Å²) in [5, 5.41) is 11.9. The summed E-state index contributed by atoms with van der Waals surface area (Å²) in [4.78, 5) is 27.3. The second-order valence-corrected chi connectivity index (χ2v) is 6.22. The van der Waals surface area contributed by atoms with Gasteiger partial charge in [-0.25, -0.2) is 4.79 Å². The second-order valence-electron chi connectivity index (χ2n) is 6.22. The van der Waals surface area contributed by atoms with Crippen molar-refractivity contribution < 1.29 is 14.7 Å². The molecule has 2 aliphatic heterocycles. The molecule has 2 fully saturated rings. The number of nitrogens with one attached hydrogen (secondary N) is 1. The Morgan fingerprint density at radius 1 is 1.19 bits per heavy atom. The molecule has 2 unspecified atom stereocenters. The van der Waals surface area contributed by atoms with Crippen LogP contribution in [0.4, 0.5) is 4.79 Å². The first kappa shape index (κ1) is 16.1. The number of aliphatic carboxylic acids is 1. The molecule has 0 spiro atoms. The molecule has 6 nitrogen and oxygen atoms in total. The topological polar surface area (TPSA) is 72.9 Å². The fourth-order valence-electron chi connectivity index (χ4n) is 3.33. The van der Waals surface area contributed by atoms with Gasteiger partial charge in [-0.05, 0) is 52.1 Å². The van der Waals surface area contributed by atoms with E-state index in [1.165, 1.54) is 12.8 Å². The minimum atomic E-state index is -0.829. The fraction of sp³-hybridized carbons (Fsp3) is 0.867. The van der Waals surface area contributed by atoms with Crippen LogP contribution in [-0.2, 0) is 4.79 Å². The van der Waals surface area contributed by atoms with E-state index in [0.29, 0.717) is 19.1 Å². The van der Waals surface area contributed by atoms with Crippen molar-refractivity contribution in [2.75, 3.05) is 26.2 Å². The minimum absolute atomic E-state index is 0.0507. The summed E-state index contributed by atoms with van der Waals surface area (Å²) in [5.74, 6) is -0.829. The fourth-order valence-corrected chi connectivity index (χ4v) is 3.33. The maximum Gasteiger partial charge on any atom is 0.317 e. The molecule has 2 rings (SSSR count). The van der Waals surface area contributed by atoms with Crippen LogP contribution in [0.1, 0.15) is 45.4 Å². The molecular weight excluding hydrogens is 270 g/mol. The van der Waals surface area contributed by atoms with Crippen molar-refractivity contribution in [2.45, 2.75) is 57.5 Å². The third-order valence-electron chi connectivity index (χ3n) is 4.61. The van der Waals surface area contributed by atoms with Gasteiger partial charge in [0.25, 0.3) is 0 Å². The van der Waals surface area contributed by atoms with E-state index in [1.807, 2.05) is 0 Å². The Morgan fingerprint density at radius 3 is 2.52 bits per heavy atom. The van der Waals surface area contributed by atoms with E-state index in [2.05, 4.69) is 17.1 Å². The summed E-state index contributed by atoms with van der Waals surface area (Å²) in [5.41, 5.74) is 0. The lowest BCUT2D eigenvalue weighted by atomic mass is 10.00. The SMILES string of the molecule is CC(CNC(=O)N1CCCCC1CC(=O)O)N1CCCC1. The van der Waals surface area contributed by atoms with E-state index in [-0.39, 0.29) is 18.5 Å². The van der Waals surface area contributed by atoms with E-state index in [4.69, 9.17) is 5.11 Å². The number of carboxylic acid groups (broad SMARTS) is 1. The van der Waals surface area contributed by atoms with Crippen molar-refractivity contribution >= 4 is 12.0 Å². The van der Waals surface area contributed by atoms with Crippen molar-refractivity contribution in [1.29, 1.82) is 0 Å². The predicted molar refractivity (Wildman–Crippen MR) is 80.3 cm³/mol. The van der Waals surface area contributed by atoms with Gasteiger partial charge < -0.3 is 15.3 Å². The minimum Gasteiger partial charge on any atom is -0.481 e. The second kappa shape index (κ2) is 7.64. The predicted octanol–water partition coefficient (Wildman–Crippen LogP) is 1.51. The molecular formula is C15H27N3O3. The molecule has 0 saturated carbocycles. The average Bonchev–Trinajstić information content (AvgIpc) is 2.98. The van der Waals surface area contributed by atoms with Gasteiger partial charge in [0.2, 0.25) is 0 Å². The van der Waals surface area contributed by atoms with E-state index in [1.54, 1.807) is 4.90 Å². The quantitative estimate of drug-likeness (QED) is 0.807. The van der Waals surface area contributed by atoms with E-state index >= 15 is 0 Å². The summed E-state index contributed by atoms with van der Waals surface area (Å²) in [6.07, 6.45) is 5.30. The molecule has 21 heavy (non-hydrogen) atoms. The smallest absolute Gasteiger partial charge is 0.317 e. The first-order valence-electron chi connectivity index (χ1n) is 8.08. The van der Waals surface area contributed by atoms with Crippen molar-refractivity contribution in [2.24, 2.45) is 0 Å². The van der Waals surface area contributed by atoms with Crippen molar-refractivity contribution in [3.05, 3.63) is 0 Å². The van der Waals surface area contributed by atoms with Gasteiger partial charge in [0.1, 0.15) is 0 Å². The molecule has 0 aromatic rings. The van der Waals surface area contributed by atoms with Crippen LogP contribution in [-0.4, -0.2) is 65.2 Å². The number of urea groups is 1. The van der Waals surface area contributed by atoms with Gasteiger partial charge in [0.15, 0.2) is 0 Å². The van der Waals surface area contributed by atoms with Gasteiger partial charge in [-0.1, -0.05) is 0 Å². The highest BCUT2D eigenvalue weighted by Crippen LogP contribution is 2.20. The van der Waals surface area contributed by atoms with E-state index in [0.717, 1.165) is 32.4 Å². The van der Waals surface area contributed by atoms with Gasteiger partial charge in [0, 0.05) is 25.2 Å². The Bertz CT molecular complexity index is 369. The Labute approximate surface area is 126 Å². The number of hydrogen-bond donors (Lipinski definition) is 2. The zero-order chi connectivity index (χ0) is 15.2. The van der Waals surface area contributed by atoms with Crippen molar-refractivity contribution in [3.63, 3.8) is 0 Å². The van der Waals surface area contributed by atoms with Crippen LogP contribution >= 0.6 is 0 Å². The Hall–Kier alpha value is -1.30. The number of likely N-dealkylation sites (tertiary alicyclic amines) is 2. The molecule has 0 bridgehead atoms. The number of piperidine rings is 1. The highest BCUT2D eigenvalue weighted by Gasteiger charge is 2.29. The van der Waals surface area contributed by atoms with Gasteiger partial charge in [0.05, 0.1) is 6.42 Å².